The van der Waals surface area contributed by atoms with E-state index in [1.54, 1.807) is 18.2 Å². The molecule has 0 aromatic heterocycles. The lowest BCUT2D eigenvalue weighted by Gasteiger charge is -2.27. The highest BCUT2D eigenvalue weighted by atomic mass is 19.1. The first-order valence-corrected chi connectivity index (χ1v) is 10.1. The Kier molecular flexibility index (Phi) is 7.27. The van der Waals surface area contributed by atoms with Crippen molar-refractivity contribution < 1.29 is 23.5 Å². The molecule has 2 aromatic rings. The summed E-state index contributed by atoms with van der Waals surface area (Å²) in [7, 11) is 1.48. The van der Waals surface area contributed by atoms with Gasteiger partial charge in [0, 0.05) is 17.3 Å². The van der Waals surface area contributed by atoms with E-state index in [-0.39, 0.29) is 24.4 Å². The van der Waals surface area contributed by atoms with Crippen molar-refractivity contribution in [2.24, 2.45) is 5.92 Å². The third kappa shape index (κ3) is 5.95. The number of nitrogens with one attached hydrogen (secondary N) is 2. The fraction of sp³-hybridized carbons (Fsp3) is 0.391. The summed E-state index contributed by atoms with van der Waals surface area (Å²) >= 11 is 0. The van der Waals surface area contributed by atoms with E-state index in [1.165, 1.54) is 31.4 Å². The predicted molar refractivity (Wildman–Crippen MR) is 112 cm³/mol. The Bertz CT molecular complexity index is 877. The minimum atomic E-state index is -0.392. The summed E-state index contributed by atoms with van der Waals surface area (Å²) < 4.78 is 23.8. The van der Waals surface area contributed by atoms with Gasteiger partial charge in [-0.15, -0.1) is 0 Å². The second-order valence-electron chi connectivity index (χ2n) is 7.64. The number of halogens is 1. The average Bonchev–Trinajstić information content (AvgIpc) is 2.75. The maximum Gasteiger partial charge on any atom is 0.262 e. The molecule has 0 heterocycles. The molecule has 0 saturated heterocycles. The number of rotatable bonds is 7. The number of carbonyl (C=O) groups excluding carboxylic acids is 2. The van der Waals surface area contributed by atoms with Crippen LogP contribution in [0.5, 0.6) is 11.5 Å². The van der Waals surface area contributed by atoms with Gasteiger partial charge in [-0.3, -0.25) is 9.59 Å². The topological polar surface area (TPSA) is 76.7 Å². The van der Waals surface area contributed by atoms with Crippen LogP contribution in [0.25, 0.3) is 0 Å². The quantitative estimate of drug-likeness (QED) is 0.713. The molecule has 0 unspecified atom stereocenters. The molecule has 30 heavy (non-hydrogen) atoms. The van der Waals surface area contributed by atoms with Gasteiger partial charge in [-0.1, -0.05) is 6.92 Å². The molecule has 2 N–H and O–H groups in total. The van der Waals surface area contributed by atoms with E-state index in [1.807, 2.05) is 0 Å². The second-order valence-corrected chi connectivity index (χ2v) is 7.64. The maximum absolute atomic E-state index is 12.9. The Morgan fingerprint density at radius 3 is 2.40 bits per heavy atom. The molecule has 1 fully saturated rings. The van der Waals surface area contributed by atoms with Crippen molar-refractivity contribution >= 4 is 17.5 Å². The van der Waals surface area contributed by atoms with E-state index < -0.39 is 5.91 Å². The lowest BCUT2D eigenvalue weighted by molar-refractivity contribution is -0.118. The molecule has 1 saturated carbocycles. The third-order valence-corrected chi connectivity index (χ3v) is 5.26. The summed E-state index contributed by atoms with van der Waals surface area (Å²) in [6.45, 7) is 1.99. The Morgan fingerprint density at radius 2 is 1.73 bits per heavy atom. The zero-order chi connectivity index (χ0) is 21.5. The molecule has 0 aliphatic heterocycles. The van der Waals surface area contributed by atoms with Crippen LogP contribution >= 0.6 is 0 Å². The number of carbonyl (C=O) groups is 2. The molecule has 1 aliphatic rings. The first kappa shape index (κ1) is 21.6. The fourth-order valence-electron chi connectivity index (χ4n) is 3.47. The summed E-state index contributed by atoms with van der Waals surface area (Å²) in [4.78, 5) is 24.6. The zero-order valence-electron chi connectivity index (χ0n) is 17.2. The van der Waals surface area contributed by atoms with Crippen LogP contribution in [-0.4, -0.2) is 31.6 Å². The normalized spacial score (nSPS) is 18.4. The van der Waals surface area contributed by atoms with Gasteiger partial charge < -0.3 is 20.1 Å². The van der Waals surface area contributed by atoms with Crippen LogP contribution in [0.4, 0.5) is 10.1 Å². The highest BCUT2D eigenvalue weighted by Gasteiger charge is 2.21. The highest BCUT2D eigenvalue weighted by molar-refractivity contribution is 5.95. The van der Waals surface area contributed by atoms with Crippen LogP contribution in [0.15, 0.2) is 42.5 Å². The smallest absolute Gasteiger partial charge is 0.262 e. The van der Waals surface area contributed by atoms with Gasteiger partial charge in [0.2, 0.25) is 0 Å². The molecule has 160 valence electrons. The number of methoxy groups -OCH3 is 1. The molecule has 2 aromatic carbocycles. The molecule has 3 rings (SSSR count). The average molecular weight is 414 g/mol. The second kappa shape index (κ2) is 10.1. The van der Waals surface area contributed by atoms with Crippen LogP contribution < -0.4 is 20.1 Å². The van der Waals surface area contributed by atoms with Gasteiger partial charge in [0.15, 0.2) is 18.1 Å². The predicted octanol–water partition coefficient (Wildman–Crippen LogP) is 4.16. The van der Waals surface area contributed by atoms with E-state index in [9.17, 15) is 14.0 Å². The van der Waals surface area contributed by atoms with Crippen LogP contribution in [0.1, 0.15) is 43.0 Å². The third-order valence-electron chi connectivity index (χ3n) is 5.26. The van der Waals surface area contributed by atoms with E-state index in [0.717, 1.165) is 31.6 Å². The molecule has 0 bridgehead atoms. The lowest BCUT2D eigenvalue weighted by Crippen LogP contribution is -2.37. The first-order chi connectivity index (χ1) is 14.4. The van der Waals surface area contributed by atoms with Crippen molar-refractivity contribution in [2.45, 2.75) is 38.6 Å². The Labute approximate surface area is 175 Å². The van der Waals surface area contributed by atoms with Crippen molar-refractivity contribution in [3.63, 3.8) is 0 Å². The Morgan fingerprint density at radius 1 is 1.03 bits per heavy atom. The monoisotopic (exact) mass is 414 g/mol. The summed E-state index contributed by atoms with van der Waals surface area (Å²) in [6, 6.07) is 10.5. The molecule has 2 amide bonds. The van der Waals surface area contributed by atoms with Crippen LogP contribution in [0, 0.1) is 11.7 Å². The van der Waals surface area contributed by atoms with E-state index >= 15 is 0 Å². The van der Waals surface area contributed by atoms with Crippen LogP contribution in [-0.2, 0) is 4.79 Å². The Balaban J connectivity index is 1.56. The zero-order valence-corrected chi connectivity index (χ0v) is 17.2. The van der Waals surface area contributed by atoms with Crippen molar-refractivity contribution in [3.8, 4) is 11.5 Å². The van der Waals surface area contributed by atoms with Gasteiger partial charge in [-0.05, 0) is 74.1 Å². The SMILES string of the molecule is COc1cc(C(=O)NC2CCC(C)CC2)ccc1OCC(=O)Nc1ccc(F)cc1. The van der Waals surface area contributed by atoms with Crippen LogP contribution in [0.2, 0.25) is 0 Å². The largest absolute Gasteiger partial charge is 0.493 e. The number of ether oxygens (including phenoxy) is 2. The van der Waals surface area contributed by atoms with Gasteiger partial charge in [0.1, 0.15) is 5.82 Å². The summed E-state index contributed by atoms with van der Waals surface area (Å²) in [5, 5.41) is 5.70. The maximum atomic E-state index is 12.9. The Hall–Kier alpha value is -3.09. The number of amides is 2. The van der Waals surface area contributed by atoms with Crippen molar-refractivity contribution in [1.29, 1.82) is 0 Å². The summed E-state index contributed by atoms with van der Waals surface area (Å²) in [6.07, 6.45) is 4.24. The van der Waals surface area contributed by atoms with Crippen molar-refractivity contribution in [1.82, 2.24) is 5.32 Å². The molecule has 0 atom stereocenters. The fourth-order valence-corrected chi connectivity index (χ4v) is 3.47. The highest BCUT2D eigenvalue weighted by Crippen LogP contribution is 2.29. The van der Waals surface area contributed by atoms with Gasteiger partial charge >= 0.3 is 0 Å². The minimum Gasteiger partial charge on any atom is -0.493 e. The van der Waals surface area contributed by atoms with E-state index in [0.29, 0.717) is 22.7 Å². The molecular weight excluding hydrogens is 387 g/mol. The lowest BCUT2D eigenvalue weighted by atomic mass is 9.87. The molecule has 6 nitrogen and oxygen atoms in total. The molecular formula is C23H27FN2O4. The summed E-state index contributed by atoms with van der Waals surface area (Å²) in [5.74, 6) is 0.529. The van der Waals surface area contributed by atoms with Crippen LogP contribution in [0.3, 0.4) is 0 Å². The van der Waals surface area contributed by atoms with Gasteiger partial charge in [0.25, 0.3) is 11.8 Å². The van der Waals surface area contributed by atoms with Gasteiger partial charge in [-0.2, -0.15) is 0 Å². The number of hydrogen-bond acceptors (Lipinski definition) is 4. The van der Waals surface area contributed by atoms with Gasteiger partial charge in [0.05, 0.1) is 7.11 Å². The molecule has 0 spiro atoms. The van der Waals surface area contributed by atoms with E-state index in [4.69, 9.17) is 9.47 Å². The number of hydrogen-bond donors (Lipinski definition) is 2. The number of anilines is 1. The number of benzene rings is 2. The van der Waals surface area contributed by atoms with E-state index in [2.05, 4.69) is 17.6 Å². The first-order valence-electron chi connectivity index (χ1n) is 10.1. The molecule has 7 heteroatoms. The van der Waals surface area contributed by atoms with Gasteiger partial charge in [-0.25, -0.2) is 4.39 Å². The molecule has 1 aliphatic carbocycles. The standard InChI is InChI=1S/C23H27FN2O4/c1-15-3-8-19(9-4-15)26-23(28)16-5-12-20(21(13-16)29-2)30-14-22(27)25-18-10-6-17(24)7-11-18/h5-7,10-13,15,19H,3-4,8-9,14H2,1-2H3,(H,25,27)(H,26,28). The molecule has 0 radical (unpaired) electrons. The summed E-state index contributed by atoms with van der Waals surface area (Å²) in [5.41, 5.74) is 0.953. The van der Waals surface area contributed by atoms with Crippen molar-refractivity contribution in [3.05, 3.63) is 53.8 Å². The van der Waals surface area contributed by atoms with Crippen molar-refractivity contribution in [2.75, 3.05) is 19.0 Å². The minimum absolute atomic E-state index is 0.145.